The Labute approximate surface area is 211 Å². The molecule has 36 heavy (non-hydrogen) atoms. The van der Waals surface area contributed by atoms with Gasteiger partial charge in [-0.25, -0.2) is 0 Å². The highest BCUT2D eigenvalue weighted by molar-refractivity contribution is 5.93. The van der Waals surface area contributed by atoms with Crippen LogP contribution in [0.4, 0.5) is 5.69 Å². The van der Waals surface area contributed by atoms with Crippen molar-refractivity contribution in [1.29, 1.82) is 0 Å². The van der Waals surface area contributed by atoms with E-state index in [1.54, 1.807) is 25.6 Å². The maximum atomic E-state index is 13.0. The molecule has 0 radical (unpaired) electrons. The number of amides is 1. The molecule has 182 valence electrons. The minimum absolute atomic E-state index is 0.0114. The number of nitrogens with zero attached hydrogens (tertiary/aromatic N) is 5. The molecule has 3 heterocycles. The second kappa shape index (κ2) is 10.9. The Morgan fingerprint density at radius 1 is 0.972 bits per heavy atom. The average Bonchev–Trinajstić information content (AvgIpc) is 3.35. The maximum Gasteiger partial charge on any atom is 0.246 e. The first kappa shape index (κ1) is 23.4. The van der Waals surface area contributed by atoms with E-state index in [-0.39, 0.29) is 5.91 Å². The van der Waals surface area contributed by atoms with Gasteiger partial charge in [0.1, 0.15) is 11.4 Å². The van der Waals surface area contributed by atoms with E-state index in [4.69, 9.17) is 9.84 Å². The standard InChI is InChI=1S/C29H29N5O2/c1-36-27-12-10-26(11-13-27)32-16-18-33(19-17-32)28(35)14-9-25-22-34(21-23-6-3-2-4-7-23)31-29(25)24-8-5-15-30-20-24/h2-15,20,22H,16-19,21H2,1H3/b14-9+. The first-order chi connectivity index (χ1) is 17.7. The van der Waals surface area contributed by atoms with E-state index >= 15 is 0 Å². The highest BCUT2D eigenvalue weighted by Gasteiger charge is 2.20. The summed E-state index contributed by atoms with van der Waals surface area (Å²) in [7, 11) is 1.67. The number of pyridine rings is 1. The molecule has 2 aromatic heterocycles. The number of anilines is 1. The SMILES string of the molecule is COc1ccc(N2CCN(C(=O)/C=C/c3cn(Cc4ccccc4)nc3-c3cccnc3)CC2)cc1. The predicted octanol–water partition coefficient (Wildman–Crippen LogP) is 4.36. The van der Waals surface area contributed by atoms with E-state index < -0.39 is 0 Å². The molecule has 2 aromatic carbocycles. The number of carbonyl (C=O) groups is 1. The zero-order valence-corrected chi connectivity index (χ0v) is 20.3. The molecule has 7 heteroatoms. The molecule has 0 bridgehead atoms. The van der Waals surface area contributed by atoms with Crippen LogP contribution in [0.15, 0.2) is 91.4 Å². The molecular weight excluding hydrogens is 450 g/mol. The smallest absolute Gasteiger partial charge is 0.246 e. The van der Waals surface area contributed by atoms with E-state index in [1.807, 2.05) is 64.3 Å². The first-order valence-corrected chi connectivity index (χ1v) is 12.1. The summed E-state index contributed by atoms with van der Waals surface area (Å²) < 4.78 is 7.16. The Bertz CT molecular complexity index is 1310. The quantitative estimate of drug-likeness (QED) is 0.369. The minimum atomic E-state index is 0.0114. The predicted molar refractivity (Wildman–Crippen MR) is 142 cm³/mol. The lowest BCUT2D eigenvalue weighted by atomic mass is 10.1. The molecule has 0 saturated carbocycles. The Hall–Kier alpha value is -4.39. The lowest BCUT2D eigenvalue weighted by Crippen LogP contribution is -2.48. The van der Waals surface area contributed by atoms with Crippen LogP contribution >= 0.6 is 0 Å². The van der Waals surface area contributed by atoms with Crippen molar-refractivity contribution in [3.05, 3.63) is 103 Å². The fourth-order valence-electron chi connectivity index (χ4n) is 4.38. The van der Waals surface area contributed by atoms with E-state index in [0.29, 0.717) is 19.6 Å². The summed E-state index contributed by atoms with van der Waals surface area (Å²) in [6.45, 7) is 3.60. The average molecular weight is 480 g/mol. The fraction of sp³-hybridized carbons (Fsp3) is 0.207. The Morgan fingerprint density at radius 2 is 1.75 bits per heavy atom. The van der Waals surface area contributed by atoms with E-state index in [9.17, 15) is 4.79 Å². The van der Waals surface area contributed by atoms with Gasteiger partial charge in [-0.1, -0.05) is 30.3 Å². The van der Waals surface area contributed by atoms with Gasteiger partial charge in [0.2, 0.25) is 5.91 Å². The van der Waals surface area contributed by atoms with Crippen molar-refractivity contribution in [3.63, 3.8) is 0 Å². The van der Waals surface area contributed by atoms with Crippen molar-refractivity contribution in [3.8, 4) is 17.0 Å². The summed E-state index contributed by atoms with van der Waals surface area (Å²) in [6, 6.07) is 22.1. The van der Waals surface area contributed by atoms with Crippen molar-refractivity contribution >= 4 is 17.7 Å². The Morgan fingerprint density at radius 3 is 2.44 bits per heavy atom. The monoisotopic (exact) mass is 479 g/mol. The second-order valence-corrected chi connectivity index (χ2v) is 8.70. The summed E-state index contributed by atoms with van der Waals surface area (Å²) >= 11 is 0. The van der Waals surface area contributed by atoms with Gasteiger partial charge in [0, 0.05) is 67.7 Å². The van der Waals surface area contributed by atoms with Gasteiger partial charge >= 0.3 is 0 Å². The molecule has 7 nitrogen and oxygen atoms in total. The molecule has 1 aliphatic rings. The minimum Gasteiger partial charge on any atom is -0.497 e. The van der Waals surface area contributed by atoms with Gasteiger partial charge in [0.15, 0.2) is 0 Å². The Balaban J connectivity index is 1.28. The molecule has 0 atom stereocenters. The van der Waals surface area contributed by atoms with Crippen LogP contribution < -0.4 is 9.64 Å². The summed E-state index contributed by atoms with van der Waals surface area (Å²) in [6.07, 6.45) is 9.06. The highest BCUT2D eigenvalue weighted by Crippen LogP contribution is 2.24. The number of benzene rings is 2. The third kappa shape index (κ3) is 5.46. The van der Waals surface area contributed by atoms with Crippen molar-refractivity contribution in [2.24, 2.45) is 0 Å². The largest absolute Gasteiger partial charge is 0.497 e. The van der Waals surface area contributed by atoms with E-state index in [1.165, 1.54) is 5.56 Å². The van der Waals surface area contributed by atoms with Gasteiger partial charge in [0.25, 0.3) is 0 Å². The number of carbonyl (C=O) groups excluding carboxylic acids is 1. The van der Waals surface area contributed by atoms with Crippen molar-refractivity contribution in [2.45, 2.75) is 6.54 Å². The molecule has 1 saturated heterocycles. The van der Waals surface area contributed by atoms with Gasteiger partial charge in [-0.3, -0.25) is 14.5 Å². The summed E-state index contributed by atoms with van der Waals surface area (Å²) in [5, 5.41) is 4.81. The van der Waals surface area contributed by atoms with Crippen molar-refractivity contribution in [2.75, 3.05) is 38.2 Å². The molecule has 0 N–H and O–H groups in total. The van der Waals surface area contributed by atoms with E-state index in [2.05, 4.69) is 34.1 Å². The summed E-state index contributed by atoms with van der Waals surface area (Å²) in [5.74, 6) is 0.854. The molecule has 1 aliphatic heterocycles. The number of hydrogen-bond acceptors (Lipinski definition) is 5. The molecule has 0 aliphatic carbocycles. The zero-order chi connectivity index (χ0) is 24.7. The second-order valence-electron chi connectivity index (χ2n) is 8.70. The zero-order valence-electron chi connectivity index (χ0n) is 20.3. The molecule has 4 aromatic rings. The molecule has 1 fully saturated rings. The number of hydrogen-bond donors (Lipinski definition) is 0. The van der Waals surface area contributed by atoms with E-state index in [0.717, 1.165) is 41.3 Å². The van der Waals surface area contributed by atoms with Crippen LogP contribution in [0, 0.1) is 0 Å². The van der Waals surface area contributed by atoms with Crippen LogP contribution in [-0.2, 0) is 11.3 Å². The lowest BCUT2D eigenvalue weighted by molar-refractivity contribution is -0.126. The van der Waals surface area contributed by atoms with Crippen molar-refractivity contribution < 1.29 is 9.53 Å². The van der Waals surface area contributed by atoms with Gasteiger partial charge in [-0.15, -0.1) is 0 Å². The van der Waals surface area contributed by atoms with Gasteiger partial charge < -0.3 is 14.5 Å². The van der Waals surface area contributed by atoms with Crippen LogP contribution in [0.1, 0.15) is 11.1 Å². The van der Waals surface area contributed by atoms with Crippen LogP contribution in [0.5, 0.6) is 5.75 Å². The molecule has 1 amide bonds. The van der Waals surface area contributed by atoms with Gasteiger partial charge in [-0.2, -0.15) is 5.10 Å². The Kier molecular flexibility index (Phi) is 7.07. The number of ether oxygens (including phenoxy) is 1. The highest BCUT2D eigenvalue weighted by atomic mass is 16.5. The topological polar surface area (TPSA) is 63.5 Å². The molecule has 0 unspecified atom stereocenters. The van der Waals surface area contributed by atoms with Gasteiger partial charge in [0.05, 0.1) is 13.7 Å². The number of methoxy groups -OCH3 is 1. The third-order valence-electron chi connectivity index (χ3n) is 6.35. The van der Waals surface area contributed by atoms with Crippen LogP contribution in [-0.4, -0.2) is 58.9 Å². The maximum absolute atomic E-state index is 13.0. The van der Waals surface area contributed by atoms with Crippen LogP contribution in [0.25, 0.3) is 17.3 Å². The number of rotatable bonds is 7. The summed E-state index contributed by atoms with van der Waals surface area (Å²) in [4.78, 5) is 21.4. The molecule has 0 spiro atoms. The summed E-state index contributed by atoms with van der Waals surface area (Å²) in [5.41, 5.74) is 4.94. The molecule has 5 rings (SSSR count). The first-order valence-electron chi connectivity index (χ1n) is 12.1. The van der Waals surface area contributed by atoms with Crippen LogP contribution in [0.2, 0.25) is 0 Å². The number of piperazine rings is 1. The molecular formula is C29H29N5O2. The number of aromatic nitrogens is 3. The van der Waals surface area contributed by atoms with Crippen LogP contribution in [0.3, 0.4) is 0 Å². The van der Waals surface area contributed by atoms with Crippen molar-refractivity contribution in [1.82, 2.24) is 19.7 Å². The third-order valence-corrected chi connectivity index (χ3v) is 6.35. The lowest BCUT2D eigenvalue weighted by Gasteiger charge is -2.35. The fourth-order valence-corrected chi connectivity index (χ4v) is 4.38. The normalized spacial score (nSPS) is 13.8. The van der Waals surface area contributed by atoms with Gasteiger partial charge in [-0.05, 0) is 48.0 Å².